The van der Waals surface area contributed by atoms with Crippen molar-refractivity contribution >= 4 is 29.9 Å². The summed E-state index contributed by atoms with van der Waals surface area (Å²) in [5, 5.41) is 16.3. The van der Waals surface area contributed by atoms with E-state index in [4.69, 9.17) is 0 Å². The maximum atomic E-state index is 13.5. The van der Waals surface area contributed by atoms with E-state index in [1.165, 1.54) is 31.6 Å². The van der Waals surface area contributed by atoms with Gasteiger partial charge in [-0.3, -0.25) is 4.99 Å². The predicted molar refractivity (Wildman–Crippen MR) is 117 cm³/mol. The SMILES string of the molecule is CCNC(=NCCC(O)(c1nccn1C)C(F)(F)F)NCCc1cccc(F)c1.I. The third-order valence-corrected chi connectivity index (χ3v) is 4.34. The Morgan fingerprint density at radius 2 is 2.00 bits per heavy atom. The zero-order chi connectivity index (χ0) is 21.5. The van der Waals surface area contributed by atoms with E-state index in [0.717, 1.165) is 10.1 Å². The van der Waals surface area contributed by atoms with Gasteiger partial charge in [-0.1, -0.05) is 12.1 Å². The molecule has 0 saturated heterocycles. The molecule has 0 saturated carbocycles. The Labute approximate surface area is 189 Å². The predicted octanol–water partition coefficient (Wildman–Crippen LogP) is 3.12. The topological polar surface area (TPSA) is 74.5 Å². The summed E-state index contributed by atoms with van der Waals surface area (Å²) in [5.41, 5.74) is -2.32. The van der Waals surface area contributed by atoms with Crippen LogP contribution in [0.4, 0.5) is 17.6 Å². The van der Waals surface area contributed by atoms with Crippen LogP contribution in [0.5, 0.6) is 0 Å². The third kappa shape index (κ3) is 6.83. The number of aryl methyl sites for hydroxylation is 1. The second-order valence-corrected chi connectivity index (χ2v) is 6.54. The van der Waals surface area contributed by atoms with Crippen molar-refractivity contribution in [3.05, 3.63) is 53.9 Å². The van der Waals surface area contributed by atoms with Gasteiger partial charge in [0.2, 0.25) is 5.60 Å². The lowest BCUT2D eigenvalue weighted by molar-refractivity contribution is -0.272. The first-order chi connectivity index (χ1) is 13.7. The van der Waals surface area contributed by atoms with Crippen LogP contribution in [-0.2, 0) is 19.1 Å². The third-order valence-electron chi connectivity index (χ3n) is 4.34. The summed E-state index contributed by atoms with van der Waals surface area (Å²) < 4.78 is 54.9. The highest BCUT2D eigenvalue weighted by Crippen LogP contribution is 2.40. The van der Waals surface area contributed by atoms with Gasteiger partial charge >= 0.3 is 6.18 Å². The molecule has 0 fully saturated rings. The molecule has 0 amide bonds. The molecule has 1 aromatic carbocycles. The molecule has 168 valence electrons. The molecule has 1 heterocycles. The summed E-state index contributed by atoms with van der Waals surface area (Å²) in [7, 11) is 1.39. The lowest BCUT2D eigenvalue weighted by Crippen LogP contribution is -2.45. The van der Waals surface area contributed by atoms with Gasteiger partial charge in [0.25, 0.3) is 0 Å². The van der Waals surface area contributed by atoms with Crippen LogP contribution in [0, 0.1) is 5.82 Å². The number of halogens is 5. The Morgan fingerprint density at radius 1 is 1.27 bits per heavy atom. The number of aliphatic hydroxyl groups is 1. The molecular weight excluding hydrogens is 517 g/mol. The largest absolute Gasteiger partial charge is 0.424 e. The Morgan fingerprint density at radius 3 is 2.57 bits per heavy atom. The number of imidazole rings is 1. The molecule has 11 heteroatoms. The maximum absolute atomic E-state index is 13.5. The van der Waals surface area contributed by atoms with E-state index in [1.54, 1.807) is 12.1 Å². The van der Waals surface area contributed by atoms with E-state index in [1.807, 2.05) is 6.92 Å². The number of hydrogen-bond donors (Lipinski definition) is 3. The van der Waals surface area contributed by atoms with Crippen LogP contribution in [0.15, 0.2) is 41.7 Å². The van der Waals surface area contributed by atoms with Crippen molar-refractivity contribution in [2.75, 3.05) is 19.6 Å². The van der Waals surface area contributed by atoms with Crippen LogP contribution >= 0.6 is 24.0 Å². The van der Waals surface area contributed by atoms with Crippen molar-refractivity contribution in [3.63, 3.8) is 0 Å². The molecule has 0 bridgehead atoms. The highest BCUT2D eigenvalue weighted by atomic mass is 127. The van der Waals surface area contributed by atoms with E-state index in [-0.39, 0.29) is 36.3 Å². The van der Waals surface area contributed by atoms with Crippen molar-refractivity contribution in [1.82, 2.24) is 20.2 Å². The van der Waals surface area contributed by atoms with Gasteiger partial charge in [-0.05, 0) is 31.0 Å². The van der Waals surface area contributed by atoms with Crippen molar-refractivity contribution < 1.29 is 22.7 Å². The minimum Gasteiger partial charge on any atom is -0.374 e. The van der Waals surface area contributed by atoms with Crippen LogP contribution in [0.2, 0.25) is 0 Å². The highest BCUT2D eigenvalue weighted by molar-refractivity contribution is 14.0. The first-order valence-electron chi connectivity index (χ1n) is 9.21. The summed E-state index contributed by atoms with van der Waals surface area (Å²) in [6, 6.07) is 6.17. The molecule has 30 heavy (non-hydrogen) atoms. The molecule has 0 spiro atoms. The Hall–Kier alpha value is -1.89. The number of hydrogen-bond acceptors (Lipinski definition) is 3. The first kappa shape index (κ1) is 26.1. The molecule has 1 aromatic heterocycles. The number of nitrogens with zero attached hydrogens (tertiary/aromatic N) is 3. The van der Waals surface area contributed by atoms with Crippen molar-refractivity contribution in [2.45, 2.75) is 31.5 Å². The quantitative estimate of drug-likeness (QED) is 0.207. The molecule has 0 aliphatic rings. The number of nitrogens with one attached hydrogen (secondary N) is 2. The smallest absolute Gasteiger partial charge is 0.374 e. The minimum absolute atomic E-state index is 0. The van der Waals surface area contributed by atoms with E-state index in [0.29, 0.717) is 25.5 Å². The Balaban J connectivity index is 0.00000450. The second kappa shape index (κ2) is 11.5. The zero-order valence-electron chi connectivity index (χ0n) is 16.7. The normalized spacial score (nSPS) is 14.0. The van der Waals surface area contributed by atoms with Crippen molar-refractivity contribution in [1.29, 1.82) is 0 Å². The van der Waals surface area contributed by atoms with Crippen LogP contribution in [0.25, 0.3) is 0 Å². The fraction of sp³-hybridized carbons (Fsp3) is 0.474. The summed E-state index contributed by atoms with van der Waals surface area (Å²) in [4.78, 5) is 7.78. The monoisotopic (exact) mass is 543 g/mol. The molecule has 0 aliphatic carbocycles. The van der Waals surface area contributed by atoms with Gasteiger partial charge in [0, 0.05) is 45.5 Å². The Kier molecular flexibility index (Phi) is 10.0. The van der Waals surface area contributed by atoms with E-state index in [9.17, 15) is 22.7 Å². The van der Waals surface area contributed by atoms with Crippen molar-refractivity contribution in [2.24, 2.45) is 12.0 Å². The van der Waals surface area contributed by atoms with Crippen LogP contribution in [0.1, 0.15) is 24.7 Å². The average molecular weight is 543 g/mol. The van der Waals surface area contributed by atoms with Gasteiger partial charge in [0.15, 0.2) is 5.96 Å². The Bertz CT molecular complexity index is 827. The van der Waals surface area contributed by atoms with Crippen molar-refractivity contribution in [3.8, 4) is 0 Å². The molecular formula is C19H26F4IN5O. The maximum Gasteiger partial charge on any atom is 0.424 e. The summed E-state index contributed by atoms with van der Waals surface area (Å²) in [6.45, 7) is 2.47. The van der Waals surface area contributed by atoms with Crippen LogP contribution in [0.3, 0.4) is 0 Å². The summed E-state index contributed by atoms with van der Waals surface area (Å²) in [5.74, 6) is -0.499. The number of aromatic nitrogens is 2. The van der Waals surface area contributed by atoms with E-state index in [2.05, 4.69) is 20.6 Å². The van der Waals surface area contributed by atoms with Gasteiger partial charge in [-0.25, -0.2) is 9.37 Å². The molecule has 3 N–H and O–H groups in total. The molecule has 6 nitrogen and oxygen atoms in total. The fourth-order valence-corrected chi connectivity index (χ4v) is 2.83. The molecule has 2 aromatic rings. The second-order valence-electron chi connectivity index (χ2n) is 6.54. The number of rotatable bonds is 8. The number of aliphatic imine (C=N–C) groups is 1. The van der Waals surface area contributed by atoms with E-state index < -0.39 is 24.0 Å². The fourth-order valence-electron chi connectivity index (χ4n) is 2.83. The highest BCUT2D eigenvalue weighted by Gasteiger charge is 2.57. The lowest BCUT2D eigenvalue weighted by atomic mass is 9.98. The molecule has 0 aliphatic heterocycles. The van der Waals surface area contributed by atoms with Crippen LogP contribution < -0.4 is 10.6 Å². The molecule has 0 radical (unpaired) electrons. The molecule has 1 unspecified atom stereocenters. The standard InChI is InChI=1S/C19H25F4N5O.HI/c1-3-24-17(26-9-7-14-5-4-6-15(20)13-14)27-10-8-18(29,19(21,22)23)16-25-11-12-28(16)2;/h4-6,11-13,29H,3,7-10H2,1-2H3,(H2,24,26,27);1H. The van der Waals surface area contributed by atoms with Crippen LogP contribution in [-0.4, -0.2) is 46.4 Å². The summed E-state index contributed by atoms with van der Waals surface area (Å²) >= 11 is 0. The van der Waals surface area contributed by atoms with Gasteiger partial charge in [0.1, 0.15) is 11.6 Å². The van der Waals surface area contributed by atoms with Gasteiger partial charge < -0.3 is 20.3 Å². The number of alkyl halides is 3. The van der Waals surface area contributed by atoms with Gasteiger partial charge in [0.05, 0.1) is 0 Å². The van der Waals surface area contributed by atoms with Gasteiger partial charge in [-0.15, -0.1) is 24.0 Å². The first-order valence-corrected chi connectivity index (χ1v) is 9.21. The van der Waals surface area contributed by atoms with E-state index >= 15 is 0 Å². The van der Waals surface area contributed by atoms with Gasteiger partial charge in [-0.2, -0.15) is 13.2 Å². The number of benzene rings is 1. The lowest BCUT2D eigenvalue weighted by Gasteiger charge is -2.29. The minimum atomic E-state index is -4.90. The summed E-state index contributed by atoms with van der Waals surface area (Å²) in [6.07, 6.45) is -2.52. The molecule has 1 atom stereocenters. The molecule has 2 rings (SSSR count). The average Bonchev–Trinajstić information content (AvgIpc) is 3.07. The zero-order valence-corrected chi connectivity index (χ0v) is 19.0. The number of guanidine groups is 1.